The number of primary amides is 1. The third-order valence-corrected chi connectivity index (χ3v) is 5.61. The van der Waals surface area contributed by atoms with Crippen molar-refractivity contribution in [2.24, 2.45) is 17.1 Å². The number of carbonyl (C=O) groups excluding carboxylic acids is 3. The van der Waals surface area contributed by atoms with Crippen molar-refractivity contribution in [3.8, 4) is 5.75 Å². The van der Waals surface area contributed by atoms with Crippen LogP contribution in [0.15, 0.2) is 24.3 Å². The number of hydrogen-bond acceptors (Lipinski definition) is 6. The number of nitrogens with one attached hydrogen (secondary N) is 2. The lowest BCUT2D eigenvalue weighted by Gasteiger charge is -2.42. The van der Waals surface area contributed by atoms with Crippen molar-refractivity contribution < 1.29 is 32.7 Å². The van der Waals surface area contributed by atoms with Gasteiger partial charge in [-0.2, -0.15) is 0 Å². The molecular weight excluding hydrogens is 402 g/mol. The van der Waals surface area contributed by atoms with Crippen molar-refractivity contribution in [2.75, 3.05) is 18.5 Å². The number of anilines is 1. The Hall–Kier alpha value is -2.81. The first-order chi connectivity index (χ1) is 15.7. The summed E-state index contributed by atoms with van der Waals surface area (Å²) in [6, 6.07) is 5.66. The van der Waals surface area contributed by atoms with Gasteiger partial charge in [0, 0.05) is 22.9 Å². The predicted octanol–water partition coefficient (Wildman–Crippen LogP) is 2.20. The molecule has 31 heavy (non-hydrogen) atoms. The van der Waals surface area contributed by atoms with Gasteiger partial charge in [-0.05, 0) is 17.5 Å². The molecule has 2 aliphatic heterocycles. The van der Waals surface area contributed by atoms with E-state index in [1.807, 2.05) is 0 Å². The number of hydrogen-bond donors (Lipinski definition) is 3. The van der Waals surface area contributed by atoms with Gasteiger partial charge in [0.15, 0.2) is 6.10 Å². The van der Waals surface area contributed by atoms with E-state index < -0.39 is 53.8 Å². The van der Waals surface area contributed by atoms with Crippen LogP contribution in [-0.2, 0) is 19.1 Å². The highest BCUT2D eigenvalue weighted by atomic mass is 16.6. The first-order valence-corrected chi connectivity index (χ1v) is 10.2. The van der Waals surface area contributed by atoms with Crippen LogP contribution in [0.25, 0.3) is 0 Å². The first kappa shape index (κ1) is 18.9. The fourth-order valence-corrected chi connectivity index (χ4v) is 3.76. The highest BCUT2D eigenvalue weighted by molar-refractivity contribution is 6.00. The Balaban J connectivity index is 2.00. The maximum atomic E-state index is 13.5. The van der Waals surface area contributed by atoms with E-state index in [2.05, 4.69) is 10.6 Å². The summed E-state index contributed by atoms with van der Waals surface area (Å²) in [6.45, 7) is 2.78. The second-order valence-corrected chi connectivity index (χ2v) is 8.91. The minimum Gasteiger partial charge on any atom is -0.482 e. The molecule has 3 amide bonds. The van der Waals surface area contributed by atoms with Gasteiger partial charge in [-0.15, -0.1) is 0 Å². The molecule has 0 aromatic heterocycles. The molecule has 2 aliphatic rings. The molecule has 1 fully saturated rings. The van der Waals surface area contributed by atoms with Crippen LogP contribution < -0.4 is 21.1 Å². The molecule has 2 heterocycles. The summed E-state index contributed by atoms with van der Waals surface area (Å²) in [5, 5.41) is 5.38. The minimum atomic E-state index is -2.66. The van der Waals surface area contributed by atoms with Gasteiger partial charge in [-0.3, -0.25) is 9.59 Å². The zero-order valence-corrected chi connectivity index (χ0v) is 17.9. The summed E-state index contributed by atoms with van der Waals surface area (Å²) in [7, 11) is 0. The highest BCUT2D eigenvalue weighted by Crippen LogP contribution is 2.38. The summed E-state index contributed by atoms with van der Waals surface area (Å²) in [6.07, 6.45) is -2.47. The topological polar surface area (TPSA) is 129 Å². The van der Waals surface area contributed by atoms with Gasteiger partial charge in [-0.1, -0.05) is 39.8 Å². The quantitative estimate of drug-likeness (QED) is 0.664. The molecule has 3 rings (SSSR count). The molecule has 1 saturated heterocycles. The van der Waals surface area contributed by atoms with E-state index in [0.717, 1.165) is 0 Å². The SMILES string of the molecule is [2H]C([2H])([2H])C([C@H](OC(N)=O)C(=O)N[C@H]1C(=O)Nc2ccccc2OC12CCOCC2)C(C)(C)C. The Labute approximate surface area is 186 Å². The van der Waals surface area contributed by atoms with Gasteiger partial charge in [0.2, 0.25) is 0 Å². The van der Waals surface area contributed by atoms with Crippen LogP contribution in [0.2, 0.25) is 0 Å². The Morgan fingerprint density at radius 3 is 2.61 bits per heavy atom. The lowest BCUT2D eigenvalue weighted by molar-refractivity contribution is -0.143. The molecule has 1 unspecified atom stereocenters. The smallest absolute Gasteiger partial charge is 0.405 e. The molecule has 0 radical (unpaired) electrons. The predicted molar refractivity (Wildman–Crippen MR) is 113 cm³/mol. The van der Waals surface area contributed by atoms with Gasteiger partial charge >= 0.3 is 6.09 Å². The summed E-state index contributed by atoms with van der Waals surface area (Å²) >= 11 is 0. The first-order valence-electron chi connectivity index (χ1n) is 11.7. The van der Waals surface area contributed by atoms with E-state index in [0.29, 0.717) is 37.5 Å². The second-order valence-electron chi connectivity index (χ2n) is 8.91. The minimum absolute atomic E-state index is 0.295. The Bertz CT molecular complexity index is 927. The standard InChI is InChI=1S/C22H31N3O6/c1-13(21(2,3)4)16(30-20(23)28)18(26)25-17-19(27)24-14-7-5-6-8-15(14)31-22(17)9-11-29-12-10-22/h5-8,13,16-17H,9-12H2,1-4H3,(H2,23,28)(H,24,27)(H,25,26)/t13?,16-,17-/m0/s1/i1D3. The number of nitrogens with two attached hydrogens (primary N) is 1. The van der Waals surface area contributed by atoms with Crippen LogP contribution in [0.4, 0.5) is 10.5 Å². The summed E-state index contributed by atoms with van der Waals surface area (Å²) in [5.41, 5.74) is 3.50. The van der Waals surface area contributed by atoms with Crippen molar-refractivity contribution in [3.63, 3.8) is 0 Å². The molecule has 3 atom stereocenters. The molecule has 4 N–H and O–H groups in total. The van der Waals surface area contributed by atoms with Gasteiger partial charge < -0.3 is 30.6 Å². The maximum Gasteiger partial charge on any atom is 0.405 e. The van der Waals surface area contributed by atoms with Crippen LogP contribution in [-0.4, -0.2) is 48.9 Å². The van der Waals surface area contributed by atoms with Crippen LogP contribution in [0.5, 0.6) is 5.75 Å². The molecule has 170 valence electrons. The van der Waals surface area contributed by atoms with Gasteiger partial charge in [0.25, 0.3) is 11.8 Å². The van der Waals surface area contributed by atoms with Crippen molar-refractivity contribution in [2.45, 2.75) is 58.2 Å². The number of amides is 3. The molecule has 1 spiro atoms. The van der Waals surface area contributed by atoms with Crippen molar-refractivity contribution >= 4 is 23.6 Å². The van der Waals surface area contributed by atoms with Crippen LogP contribution >= 0.6 is 0 Å². The Kier molecular flexibility index (Phi) is 5.33. The largest absolute Gasteiger partial charge is 0.482 e. The fraction of sp³-hybridized carbons (Fsp3) is 0.591. The third kappa shape index (κ3) is 4.92. The van der Waals surface area contributed by atoms with E-state index in [4.69, 9.17) is 24.1 Å². The number of fused-ring (bicyclic) bond motifs is 1. The summed E-state index contributed by atoms with van der Waals surface area (Å²) < 4.78 is 40.8. The fourth-order valence-electron chi connectivity index (χ4n) is 3.76. The average Bonchev–Trinajstić information content (AvgIpc) is 2.80. The van der Waals surface area contributed by atoms with Crippen molar-refractivity contribution in [3.05, 3.63) is 24.3 Å². The normalized spacial score (nSPS) is 24.0. The third-order valence-electron chi connectivity index (χ3n) is 5.61. The van der Waals surface area contributed by atoms with Crippen LogP contribution in [0.3, 0.4) is 0 Å². The summed E-state index contributed by atoms with van der Waals surface area (Å²) in [4.78, 5) is 38.4. The Morgan fingerprint density at radius 2 is 2.00 bits per heavy atom. The van der Waals surface area contributed by atoms with Crippen molar-refractivity contribution in [1.29, 1.82) is 0 Å². The number of rotatable bonds is 4. The van der Waals surface area contributed by atoms with Crippen LogP contribution in [0.1, 0.15) is 44.6 Å². The van der Waals surface area contributed by atoms with E-state index in [1.165, 1.54) is 0 Å². The molecule has 9 nitrogen and oxygen atoms in total. The zero-order chi connectivity index (χ0) is 25.3. The Morgan fingerprint density at radius 1 is 1.32 bits per heavy atom. The van der Waals surface area contributed by atoms with Crippen molar-refractivity contribution in [1.82, 2.24) is 5.32 Å². The maximum absolute atomic E-state index is 13.5. The number of carbonyl (C=O) groups is 3. The van der Waals surface area contributed by atoms with Gasteiger partial charge in [0.1, 0.15) is 17.4 Å². The van der Waals surface area contributed by atoms with Crippen LogP contribution in [0, 0.1) is 11.3 Å². The molecule has 0 bridgehead atoms. The highest BCUT2D eigenvalue weighted by Gasteiger charge is 2.50. The lowest BCUT2D eigenvalue weighted by Crippen LogP contribution is -2.64. The van der Waals surface area contributed by atoms with E-state index >= 15 is 0 Å². The molecule has 0 aliphatic carbocycles. The number of benzene rings is 1. The van der Waals surface area contributed by atoms with Gasteiger partial charge in [-0.25, -0.2) is 4.79 Å². The summed E-state index contributed by atoms with van der Waals surface area (Å²) in [5.74, 6) is -2.45. The molecular formula is C22H31N3O6. The van der Waals surface area contributed by atoms with E-state index in [9.17, 15) is 14.4 Å². The van der Waals surface area contributed by atoms with E-state index in [1.54, 1.807) is 45.0 Å². The monoisotopic (exact) mass is 436 g/mol. The van der Waals surface area contributed by atoms with E-state index in [-0.39, 0.29) is 0 Å². The molecule has 1 aromatic rings. The lowest BCUT2D eigenvalue weighted by atomic mass is 9.78. The molecule has 1 aromatic carbocycles. The molecule has 9 heteroatoms. The molecule has 0 saturated carbocycles. The second kappa shape index (κ2) is 8.74. The number of para-hydroxylation sites is 2. The number of ether oxygens (including phenoxy) is 3. The van der Waals surface area contributed by atoms with Gasteiger partial charge in [0.05, 0.1) is 18.9 Å². The zero-order valence-electron chi connectivity index (χ0n) is 20.9. The average molecular weight is 437 g/mol.